The molecule has 0 saturated carbocycles. The van der Waals surface area contributed by atoms with Crippen molar-refractivity contribution in [3.63, 3.8) is 0 Å². The van der Waals surface area contributed by atoms with Crippen LogP contribution >= 0.6 is 23.2 Å². The number of β-amino-alcohol motifs (C(OH)–C–C–N with tert-alkyl or cyclic N) is 1. The van der Waals surface area contributed by atoms with Gasteiger partial charge in [-0.05, 0) is 24.5 Å². The first-order valence-corrected chi connectivity index (χ1v) is 7.26. The van der Waals surface area contributed by atoms with Gasteiger partial charge in [0.2, 0.25) is 0 Å². The third-order valence-electron chi connectivity index (χ3n) is 3.52. The van der Waals surface area contributed by atoms with E-state index in [1.807, 2.05) is 6.92 Å². The minimum Gasteiger partial charge on any atom is -0.482 e. The quantitative estimate of drug-likeness (QED) is 0.932. The van der Waals surface area contributed by atoms with Gasteiger partial charge < -0.3 is 14.7 Å². The number of nitrogens with zero attached hydrogens (tertiary/aromatic N) is 1. The molecular formula is C14H17Cl2NO3. The highest BCUT2D eigenvalue weighted by Crippen LogP contribution is 2.27. The van der Waals surface area contributed by atoms with Crippen molar-refractivity contribution in [2.45, 2.75) is 19.4 Å². The zero-order valence-electron chi connectivity index (χ0n) is 11.2. The van der Waals surface area contributed by atoms with E-state index in [9.17, 15) is 9.90 Å². The highest BCUT2D eigenvalue weighted by Gasteiger charge is 2.27. The standard InChI is InChI=1S/C14H17Cl2NO3/c1-9-4-5-17(7-12(9)18)14(19)8-20-13-6-10(15)2-3-11(13)16/h2-3,6,9,12,18H,4-5,7-8H2,1H3. The van der Waals surface area contributed by atoms with Crippen LogP contribution in [0, 0.1) is 5.92 Å². The van der Waals surface area contributed by atoms with Gasteiger partial charge in [0, 0.05) is 24.2 Å². The number of ether oxygens (including phenoxy) is 1. The van der Waals surface area contributed by atoms with E-state index >= 15 is 0 Å². The van der Waals surface area contributed by atoms with E-state index in [-0.39, 0.29) is 18.4 Å². The number of hydrogen-bond acceptors (Lipinski definition) is 3. The molecule has 1 fully saturated rings. The number of rotatable bonds is 3. The molecule has 1 aliphatic rings. The maximum Gasteiger partial charge on any atom is 0.260 e. The minimum atomic E-state index is -0.470. The summed E-state index contributed by atoms with van der Waals surface area (Å²) in [6.45, 7) is 2.87. The van der Waals surface area contributed by atoms with Crippen LogP contribution in [-0.4, -0.2) is 41.7 Å². The van der Waals surface area contributed by atoms with Crippen LogP contribution in [0.5, 0.6) is 5.75 Å². The van der Waals surface area contributed by atoms with Gasteiger partial charge in [-0.3, -0.25) is 4.79 Å². The number of likely N-dealkylation sites (tertiary alicyclic amines) is 1. The fourth-order valence-corrected chi connectivity index (χ4v) is 2.43. The van der Waals surface area contributed by atoms with Crippen LogP contribution in [0.1, 0.15) is 13.3 Å². The molecule has 20 heavy (non-hydrogen) atoms. The van der Waals surface area contributed by atoms with Crippen LogP contribution in [0.4, 0.5) is 0 Å². The van der Waals surface area contributed by atoms with E-state index in [1.165, 1.54) is 0 Å². The molecule has 6 heteroatoms. The maximum absolute atomic E-state index is 12.0. The zero-order chi connectivity index (χ0) is 14.7. The Hall–Kier alpha value is -0.970. The lowest BCUT2D eigenvalue weighted by Crippen LogP contribution is -2.47. The molecule has 0 aliphatic carbocycles. The monoisotopic (exact) mass is 317 g/mol. The largest absolute Gasteiger partial charge is 0.482 e. The number of halogens is 2. The Morgan fingerprint density at radius 1 is 1.50 bits per heavy atom. The molecule has 1 saturated heterocycles. The van der Waals surface area contributed by atoms with Gasteiger partial charge >= 0.3 is 0 Å². The van der Waals surface area contributed by atoms with Crippen LogP contribution in [-0.2, 0) is 4.79 Å². The molecule has 0 bridgehead atoms. The molecule has 1 heterocycles. The van der Waals surface area contributed by atoms with Crippen molar-refractivity contribution in [2.24, 2.45) is 5.92 Å². The first kappa shape index (κ1) is 15.4. The molecule has 110 valence electrons. The van der Waals surface area contributed by atoms with E-state index in [4.69, 9.17) is 27.9 Å². The van der Waals surface area contributed by atoms with Gasteiger partial charge in [0.1, 0.15) is 5.75 Å². The minimum absolute atomic E-state index is 0.110. The average Bonchev–Trinajstić information content (AvgIpc) is 2.42. The summed E-state index contributed by atoms with van der Waals surface area (Å²) in [4.78, 5) is 13.6. The second-order valence-electron chi connectivity index (χ2n) is 5.04. The molecule has 1 N–H and O–H groups in total. The predicted octanol–water partition coefficient (Wildman–Crippen LogP) is 2.60. The summed E-state index contributed by atoms with van der Waals surface area (Å²) >= 11 is 11.8. The van der Waals surface area contributed by atoms with Crippen molar-refractivity contribution in [1.82, 2.24) is 4.90 Å². The molecule has 2 atom stereocenters. The van der Waals surface area contributed by atoms with Gasteiger partial charge in [-0.25, -0.2) is 0 Å². The lowest BCUT2D eigenvalue weighted by atomic mass is 9.96. The van der Waals surface area contributed by atoms with Crippen molar-refractivity contribution in [3.05, 3.63) is 28.2 Å². The van der Waals surface area contributed by atoms with Crippen LogP contribution < -0.4 is 4.74 Å². The van der Waals surface area contributed by atoms with Crippen LogP contribution in [0.15, 0.2) is 18.2 Å². The number of carbonyl (C=O) groups is 1. The number of amides is 1. The molecule has 0 spiro atoms. The zero-order valence-corrected chi connectivity index (χ0v) is 12.7. The first-order chi connectivity index (χ1) is 9.47. The Morgan fingerprint density at radius 2 is 2.25 bits per heavy atom. The second-order valence-corrected chi connectivity index (χ2v) is 5.88. The highest BCUT2D eigenvalue weighted by atomic mass is 35.5. The van der Waals surface area contributed by atoms with Gasteiger partial charge in [-0.1, -0.05) is 30.1 Å². The summed E-state index contributed by atoms with van der Waals surface area (Å²) < 4.78 is 5.41. The van der Waals surface area contributed by atoms with Crippen molar-refractivity contribution in [2.75, 3.05) is 19.7 Å². The third-order valence-corrected chi connectivity index (χ3v) is 4.06. The molecule has 2 unspecified atom stereocenters. The molecule has 2 rings (SSSR count). The topological polar surface area (TPSA) is 49.8 Å². The Balaban J connectivity index is 1.90. The van der Waals surface area contributed by atoms with Crippen LogP contribution in [0.2, 0.25) is 10.0 Å². The normalized spacial score (nSPS) is 22.7. The van der Waals surface area contributed by atoms with Gasteiger partial charge in [0.15, 0.2) is 6.61 Å². The first-order valence-electron chi connectivity index (χ1n) is 6.51. The number of aliphatic hydroxyl groups excluding tert-OH is 1. The van der Waals surface area contributed by atoms with Gasteiger partial charge in [0.05, 0.1) is 11.1 Å². The summed E-state index contributed by atoms with van der Waals surface area (Å²) in [6.07, 6.45) is 0.327. The summed E-state index contributed by atoms with van der Waals surface area (Å²) in [5.74, 6) is 0.452. The van der Waals surface area contributed by atoms with E-state index in [2.05, 4.69) is 0 Å². The molecule has 1 aromatic rings. The lowest BCUT2D eigenvalue weighted by Gasteiger charge is -2.34. The van der Waals surface area contributed by atoms with E-state index < -0.39 is 6.10 Å². The van der Waals surface area contributed by atoms with Crippen LogP contribution in [0.25, 0.3) is 0 Å². The van der Waals surface area contributed by atoms with Crippen molar-refractivity contribution >= 4 is 29.1 Å². The Kier molecular flexibility index (Phi) is 5.13. The summed E-state index contributed by atoms with van der Waals surface area (Å²) in [5, 5.41) is 10.7. The van der Waals surface area contributed by atoms with Gasteiger partial charge in [-0.2, -0.15) is 0 Å². The Labute approximate surface area is 128 Å². The molecule has 1 aliphatic heterocycles. The second kappa shape index (κ2) is 6.66. The summed E-state index contributed by atoms with van der Waals surface area (Å²) in [6, 6.07) is 4.85. The molecular weight excluding hydrogens is 301 g/mol. The smallest absolute Gasteiger partial charge is 0.260 e. The molecule has 4 nitrogen and oxygen atoms in total. The number of carbonyl (C=O) groups excluding carboxylic acids is 1. The SMILES string of the molecule is CC1CCN(C(=O)COc2cc(Cl)ccc2Cl)CC1O. The summed E-state index contributed by atoms with van der Waals surface area (Å²) in [7, 11) is 0. The van der Waals surface area contributed by atoms with Gasteiger partial charge in [-0.15, -0.1) is 0 Å². The highest BCUT2D eigenvalue weighted by molar-refractivity contribution is 6.34. The fourth-order valence-electron chi connectivity index (χ4n) is 2.09. The fraction of sp³-hybridized carbons (Fsp3) is 0.500. The van der Waals surface area contributed by atoms with Gasteiger partial charge in [0.25, 0.3) is 5.91 Å². The summed E-state index contributed by atoms with van der Waals surface area (Å²) in [5.41, 5.74) is 0. The predicted molar refractivity (Wildman–Crippen MR) is 78.3 cm³/mol. The lowest BCUT2D eigenvalue weighted by molar-refractivity contribution is -0.137. The van der Waals surface area contributed by atoms with Crippen molar-refractivity contribution in [1.29, 1.82) is 0 Å². The Bertz CT molecular complexity index is 495. The third kappa shape index (κ3) is 3.78. The van der Waals surface area contributed by atoms with E-state index in [1.54, 1.807) is 23.1 Å². The molecule has 1 amide bonds. The van der Waals surface area contributed by atoms with Crippen molar-refractivity contribution < 1.29 is 14.6 Å². The van der Waals surface area contributed by atoms with E-state index in [0.29, 0.717) is 28.9 Å². The van der Waals surface area contributed by atoms with Crippen LogP contribution in [0.3, 0.4) is 0 Å². The average molecular weight is 318 g/mol. The number of hydrogen-bond donors (Lipinski definition) is 1. The maximum atomic E-state index is 12.0. The number of benzene rings is 1. The Morgan fingerprint density at radius 3 is 2.95 bits per heavy atom. The molecule has 0 aromatic heterocycles. The number of piperidine rings is 1. The molecule has 0 radical (unpaired) electrons. The van der Waals surface area contributed by atoms with Crippen molar-refractivity contribution in [3.8, 4) is 5.75 Å². The number of aliphatic hydroxyl groups is 1. The van der Waals surface area contributed by atoms with E-state index in [0.717, 1.165) is 6.42 Å². The molecule has 1 aromatic carbocycles.